The van der Waals surface area contributed by atoms with Crippen molar-refractivity contribution >= 4 is 5.69 Å². The van der Waals surface area contributed by atoms with Crippen LogP contribution in [-0.4, -0.2) is 37.2 Å². The van der Waals surface area contributed by atoms with Crippen molar-refractivity contribution in [1.82, 2.24) is 4.90 Å². The van der Waals surface area contributed by atoms with Gasteiger partial charge in [0, 0.05) is 23.7 Å². The molecule has 2 fully saturated rings. The van der Waals surface area contributed by atoms with Crippen LogP contribution in [0.5, 0.6) is 11.5 Å². The summed E-state index contributed by atoms with van der Waals surface area (Å²) in [5, 5.41) is 0. The molecule has 3 heterocycles. The lowest BCUT2D eigenvalue weighted by Crippen LogP contribution is -2.55. The van der Waals surface area contributed by atoms with Gasteiger partial charge < -0.3 is 19.3 Å². The van der Waals surface area contributed by atoms with Crippen molar-refractivity contribution in [3.8, 4) is 11.5 Å². The molecule has 2 bridgehead atoms. The molecule has 0 radical (unpaired) electrons. The topological polar surface area (TPSA) is 24.9 Å². The molecule has 2 saturated heterocycles. The number of anilines is 1. The molecule has 27 heavy (non-hydrogen) atoms. The van der Waals surface area contributed by atoms with E-state index in [0.29, 0.717) is 18.1 Å². The van der Waals surface area contributed by atoms with E-state index in [-0.39, 0.29) is 6.23 Å². The molecule has 0 aromatic heterocycles. The molecule has 3 aliphatic heterocycles. The van der Waals surface area contributed by atoms with E-state index in [9.17, 15) is 0 Å². The van der Waals surface area contributed by atoms with Crippen molar-refractivity contribution in [3.63, 3.8) is 0 Å². The normalized spacial score (nSPS) is 29.9. The molecule has 0 N–H and O–H groups in total. The van der Waals surface area contributed by atoms with Crippen molar-refractivity contribution in [2.75, 3.05) is 19.1 Å². The predicted octanol–water partition coefficient (Wildman–Crippen LogP) is 4.61. The van der Waals surface area contributed by atoms with Crippen LogP contribution in [0.4, 0.5) is 5.69 Å². The second-order valence-corrected chi connectivity index (χ2v) is 8.15. The van der Waals surface area contributed by atoms with E-state index >= 15 is 0 Å². The summed E-state index contributed by atoms with van der Waals surface area (Å²) in [5.41, 5.74) is 2.43. The van der Waals surface area contributed by atoms with Gasteiger partial charge in [-0.15, -0.1) is 0 Å². The first-order chi connectivity index (χ1) is 13.2. The molecule has 3 atom stereocenters. The van der Waals surface area contributed by atoms with Gasteiger partial charge in [-0.2, -0.15) is 0 Å². The third-order valence-electron chi connectivity index (χ3n) is 6.74. The number of para-hydroxylation sites is 2. The van der Waals surface area contributed by atoms with Gasteiger partial charge in [-0.05, 0) is 69.1 Å². The fraction of sp³-hybridized carbons (Fsp3) is 0.478. The summed E-state index contributed by atoms with van der Waals surface area (Å²) in [5.74, 6) is 1.89. The maximum absolute atomic E-state index is 6.45. The number of fused-ring (bicyclic) bond motifs is 3. The Labute approximate surface area is 161 Å². The van der Waals surface area contributed by atoms with E-state index in [4.69, 9.17) is 9.47 Å². The molecule has 3 aliphatic rings. The molecule has 0 saturated carbocycles. The Morgan fingerprint density at radius 1 is 0.926 bits per heavy atom. The van der Waals surface area contributed by atoms with E-state index in [1.807, 2.05) is 12.1 Å². The number of piperidine rings is 2. The molecule has 0 spiro atoms. The van der Waals surface area contributed by atoms with Gasteiger partial charge in [0.1, 0.15) is 11.5 Å². The number of rotatable bonds is 3. The number of methoxy groups -OCH3 is 1. The predicted molar refractivity (Wildman–Crippen MR) is 107 cm³/mol. The van der Waals surface area contributed by atoms with Gasteiger partial charge in [0.25, 0.3) is 0 Å². The van der Waals surface area contributed by atoms with Gasteiger partial charge in [0.05, 0.1) is 12.8 Å². The summed E-state index contributed by atoms with van der Waals surface area (Å²) in [7, 11) is 4.03. The molecule has 4 heteroatoms. The van der Waals surface area contributed by atoms with Crippen LogP contribution >= 0.6 is 0 Å². The molecular weight excluding hydrogens is 336 g/mol. The standard InChI is InChI=1S/C23H28N2O2/c1-24-17-6-5-7-18(24)15-19(14-17)25-21-8-3-4-9-22(21)27-23(25)16-10-12-20(26-2)13-11-16/h3-4,8-13,17-19,23H,5-7,14-15H2,1-2H3. The van der Waals surface area contributed by atoms with Crippen molar-refractivity contribution in [3.05, 3.63) is 54.1 Å². The van der Waals surface area contributed by atoms with Crippen LogP contribution < -0.4 is 14.4 Å². The maximum atomic E-state index is 6.45. The monoisotopic (exact) mass is 364 g/mol. The highest BCUT2D eigenvalue weighted by atomic mass is 16.5. The molecule has 0 aliphatic carbocycles. The van der Waals surface area contributed by atoms with Gasteiger partial charge in [0.15, 0.2) is 6.23 Å². The molecule has 2 aromatic carbocycles. The van der Waals surface area contributed by atoms with E-state index in [0.717, 1.165) is 11.5 Å². The van der Waals surface area contributed by atoms with Gasteiger partial charge in [0.2, 0.25) is 0 Å². The fourth-order valence-corrected chi connectivity index (χ4v) is 5.27. The number of benzene rings is 2. The minimum Gasteiger partial charge on any atom is -0.497 e. The zero-order valence-corrected chi connectivity index (χ0v) is 16.2. The lowest BCUT2D eigenvalue weighted by Gasteiger charge is -2.50. The molecular formula is C23H28N2O2. The van der Waals surface area contributed by atoms with Crippen molar-refractivity contribution in [2.24, 2.45) is 0 Å². The van der Waals surface area contributed by atoms with Gasteiger partial charge in [-0.1, -0.05) is 18.6 Å². The van der Waals surface area contributed by atoms with Gasteiger partial charge >= 0.3 is 0 Å². The van der Waals surface area contributed by atoms with E-state index in [1.54, 1.807) is 7.11 Å². The molecule has 0 amide bonds. The van der Waals surface area contributed by atoms with Crippen LogP contribution in [-0.2, 0) is 0 Å². The highest BCUT2D eigenvalue weighted by molar-refractivity contribution is 5.64. The van der Waals surface area contributed by atoms with E-state index in [1.165, 1.54) is 43.4 Å². The SMILES string of the molecule is COc1ccc(C2Oc3ccccc3N2C2CC3CCCC(C2)N3C)cc1. The first kappa shape index (κ1) is 16.9. The van der Waals surface area contributed by atoms with Crippen molar-refractivity contribution < 1.29 is 9.47 Å². The quantitative estimate of drug-likeness (QED) is 0.794. The average molecular weight is 364 g/mol. The molecule has 2 aromatic rings. The molecule has 3 unspecified atom stereocenters. The largest absolute Gasteiger partial charge is 0.497 e. The zero-order chi connectivity index (χ0) is 18.4. The first-order valence-electron chi connectivity index (χ1n) is 10.1. The smallest absolute Gasteiger partial charge is 0.199 e. The minimum atomic E-state index is -0.0533. The summed E-state index contributed by atoms with van der Waals surface area (Å²) in [6, 6.07) is 18.8. The van der Waals surface area contributed by atoms with Crippen molar-refractivity contribution in [2.45, 2.75) is 56.5 Å². The Morgan fingerprint density at radius 2 is 1.63 bits per heavy atom. The Hall–Kier alpha value is -2.20. The average Bonchev–Trinajstić information content (AvgIpc) is 3.07. The summed E-state index contributed by atoms with van der Waals surface area (Å²) in [6.45, 7) is 0. The Bertz CT molecular complexity index is 792. The number of hydrogen-bond donors (Lipinski definition) is 0. The van der Waals surface area contributed by atoms with Crippen LogP contribution in [0.25, 0.3) is 0 Å². The number of nitrogens with zero attached hydrogens (tertiary/aromatic N) is 2. The van der Waals surface area contributed by atoms with Gasteiger partial charge in [-0.25, -0.2) is 0 Å². The van der Waals surface area contributed by atoms with Crippen LogP contribution in [0.15, 0.2) is 48.5 Å². The third-order valence-corrected chi connectivity index (χ3v) is 6.74. The molecule has 5 rings (SSSR count). The summed E-state index contributed by atoms with van der Waals surface area (Å²) < 4.78 is 11.8. The number of hydrogen-bond acceptors (Lipinski definition) is 4. The second kappa shape index (κ2) is 6.75. The van der Waals surface area contributed by atoms with Crippen LogP contribution in [0.3, 0.4) is 0 Å². The van der Waals surface area contributed by atoms with Crippen LogP contribution in [0.1, 0.15) is 43.9 Å². The Morgan fingerprint density at radius 3 is 2.33 bits per heavy atom. The fourth-order valence-electron chi connectivity index (χ4n) is 5.27. The van der Waals surface area contributed by atoms with E-state index in [2.05, 4.69) is 53.2 Å². The summed E-state index contributed by atoms with van der Waals surface area (Å²) >= 11 is 0. The van der Waals surface area contributed by atoms with E-state index < -0.39 is 0 Å². The number of ether oxygens (including phenoxy) is 2. The van der Waals surface area contributed by atoms with Crippen LogP contribution in [0.2, 0.25) is 0 Å². The minimum absolute atomic E-state index is 0.0533. The molecule has 4 nitrogen and oxygen atoms in total. The highest BCUT2D eigenvalue weighted by Crippen LogP contribution is 2.48. The first-order valence-corrected chi connectivity index (χ1v) is 10.1. The van der Waals surface area contributed by atoms with Crippen LogP contribution in [0, 0.1) is 0 Å². The third kappa shape index (κ3) is 2.87. The zero-order valence-electron chi connectivity index (χ0n) is 16.2. The Balaban J connectivity index is 1.50. The summed E-state index contributed by atoms with van der Waals surface area (Å²) in [6.07, 6.45) is 6.42. The maximum Gasteiger partial charge on any atom is 0.199 e. The van der Waals surface area contributed by atoms with Crippen molar-refractivity contribution in [1.29, 1.82) is 0 Å². The lowest BCUT2D eigenvalue weighted by molar-refractivity contribution is 0.0482. The lowest BCUT2D eigenvalue weighted by atomic mass is 9.81. The second-order valence-electron chi connectivity index (χ2n) is 8.15. The summed E-state index contributed by atoms with van der Waals surface area (Å²) in [4.78, 5) is 5.18. The van der Waals surface area contributed by atoms with Gasteiger partial charge in [-0.3, -0.25) is 0 Å². The Kier molecular flexibility index (Phi) is 4.24. The highest BCUT2D eigenvalue weighted by Gasteiger charge is 2.43. The molecule has 142 valence electrons.